The van der Waals surface area contributed by atoms with Crippen molar-refractivity contribution in [1.29, 1.82) is 0 Å². The molecule has 1 aromatic heterocycles. The van der Waals surface area contributed by atoms with Crippen molar-refractivity contribution in [1.82, 2.24) is 10.2 Å². The number of rotatable bonds is 2. The van der Waals surface area contributed by atoms with E-state index in [1.54, 1.807) is 6.07 Å². The van der Waals surface area contributed by atoms with Gasteiger partial charge in [-0.25, -0.2) is 4.39 Å². The summed E-state index contributed by atoms with van der Waals surface area (Å²) < 4.78 is 18.4. The normalized spacial score (nSPS) is 10.4. The first-order valence-corrected chi connectivity index (χ1v) is 4.83. The third-order valence-corrected chi connectivity index (χ3v) is 2.56. The van der Waals surface area contributed by atoms with Crippen LogP contribution < -0.4 is 10.5 Å². The Morgan fingerprint density at radius 2 is 2.25 bits per heavy atom. The molecule has 0 saturated carbocycles. The van der Waals surface area contributed by atoms with Gasteiger partial charge in [0.05, 0.1) is 13.3 Å². The highest BCUT2D eigenvalue weighted by Crippen LogP contribution is 2.34. The molecular formula is C10H9ClFN3O. The van der Waals surface area contributed by atoms with E-state index in [0.717, 1.165) is 0 Å². The SMILES string of the molecule is COc1cc(-c2cn[nH]c2N)cc(F)c1Cl. The molecule has 84 valence electrons. The molecule has 0 spiro atoms. The zero-order chi connectivity index (χ0) is 11.7. The van der Waals surface area contributed by atoms with Crippen molar-refractivity contribution in [2.75, 3.05) is 12.8 Å². The first-order valence-electron chi connectivity index (χ1n) is 4.45. The molecule has 1 heterocycles. The van der Waals surface area contributed by atoms with Gasteiger partial charge in [0.15, 0.2) is 0 Å². The Bertz CT molecular complexity index is 527. The average Bonchev–Trinajstić information content (AvgIpc) is 2.68. The van der Waals surface area contributed by atoms with Gasteiger partial charge in [0.25, 0.3) is 0 Å². The van der Waals surface area contributed by atoms with E-state index in [4.69, 9.17) is 22.1 Å². The average molecular weight is 242 g/mol. The second-order valence-electron chi connectivity index (χ2n) is 3.17. The lowest BCUT2D eigenvalue weighted by atomic mass is 10.1. The molecule has 2 aromatic rings. The Hall–Kier alpha value is -1.75. The first-order chi connectivity index (χ1) is 7.63. The molecule has 0 aliphatic heterocycles. The maximum Gasteiger partial charge on any atom is 0.146 e. The van der Waals surface area contributed by atoms with E-state index in [0.29, 0.717) is 16.9 Å². The minimum Gasteiger partial charge on any atom is -0.495 e. The molecule has 3 N–H and O–H groups in total. The van der Waals surface area contributed by atoms with E-state index < -0.39 is 5.82 Å². The number of methoxy groups -OCH3 is 1. The lowest BCUT2D eigenvalue weighted by Gasteiger charge is -2.07. The monoisotopic (exact) mass is 241 g/mol. The zero-order valence-electron chi connectivity index (χ0n) is 8.42. The summed E-state index contributed by atoms with van der Waals surface area (Å²) in [6, 6.07) is 2.89. The highest BCUT2D eigenvalue weighted by atomic mass is 35.5. The van der Waals surface area contributed by atoms with E-state index in [2.05, 4.69) is 10.2 Å². The van der Waals surface area contributed by atoms with Gasteiger partial charge < -0.3 is 10.5 Å². The van der Waals surface area contributed by atoms with Gasteiger partial charge in [-0.1, -0.05) is 11.6 Å². The van der Waals surface area contributed by atoms with Crippen LogP contribution in [0.2, 0.25) is 5.02 Å². The summed E-state index contributed by atoms with van der Waals surface area (Å²) in [6.45, 7) is 0. The summed E-state index contributed by atoms with van der Waals surface area (Å²) in [5.41, 5.74) is 6.80. The minimum atomic E-state index is -0.559. The quantitative estimate of drug-likeness (QED) is 0.849. The number of H-pyrrole nitrogens is 1. The Morgan fingerprint density at radius 1 is 1.50 bits per heavy atom. The summed E-state index contributed by atoms with van der Waals surface area (Å²) in [7, 11) is 1.42. The smallest absolute Gasteiger partial charge is 0.146 e. The van der Waals surface area contributed by atoms with Gasteiger partial charge in [0.2, 0.25) is 0 Å². The predicted molar refractivity (Wildman–Crippen MR) is 60.0 cm³/mol. The Balaban J connectivity index is 2.59. The van der Waals surface area contributed by atoms with Gasteiger partial charge in [-0.15, -0.1) is 0 Å². The third kappa shape index (κ3) is 1.69. The molecule has 4 nitrogen and oxygen atoms in total. The minimum absolute atomic E-state index is 0.0479. The van der Waals surface area contributed by atoms with Gasteiger partial charge >= 0.3 is 0 Å². The van der Waals surface area contributed by atoms with E-state index in [1.807, 2.05) is 0 Å². The van der Waals surface area contributed by atoms with Crippen LogP contribution in [0.3, 0.4) is 0 Å². The highest BCUT2D eigenvalue weighted by Gasteiger charge is 2.13. The maximum absolute atomic E-state index is 13.5. The Morgan fingerprint density at radius 3 is 2.81 bits per heavy atom. The number of nitrogens with one attached hydrogen (secondary N) is 1. The van der Waals surface area contributed by atoms with Gasteiger partial charge in [-0.2, -0.15) is 5.10 Å². The van der Waals surface area contributed by atoms with Crippen LogP contribution in [0.4, 0.5) is 10.2 Å². The Labute approximate surface area is 96.2 Å². The number of aromatic amines is 1. The zero-order valence-corrected chi connectivity index (χ0v) is 9.18. The van der Waals surface area contributed by atoms with Gasteiger partial charge in [0, 0.05) is 5.56 Å². The molecule has 0 amide bonds. The fraction of sp³-hybridized carbons (Fsp3) is 0.100. The number of hydrogen-bond donors (Lipinski definition) is 2. The molecule has 0 fully saturated rings. The number of halogens is 2. The second kappa shape index (κ2) is 4.02. The molecule has 0 saturated heterocycles. The van der Waals surface area contributed by atoms with Crippen molar-refractivity contribution in [3.8, 4) is 16.9 Å². The number of anilines is 1. The molecule has 0 radical (unpaired) electrons. The summed E-state index contributed by atoms with van der Waals surface area (Å²) in [5, 5.41) is 6.28. The highest BCUT2D eigenvalue weighted by molar-refractivity contribution is 6.32. The molecule has 2 rings (SSSR count). The van der Waals surface area contributed by atoms with Crippen LogP contribution in [0.1, 0.15) is 0 Å². The van der Waals surface area contributed by atoms with Crippen LogP contribution in [-0.4, -0.2) is 17.3 Å². The standard InChI is InChI=1S/C10H9ClFN3O/c1-16-8-3-5(2-7(12)9(8)11)6-4-14-15-10(6)13/h2-4H,1H3,(H3,13,14,15). The number of hydrogen-bond acceptors (Lipinski definition) is 3. The predicted octanol–water partition coefficient (Wildman–Crippen LogP) is 2.46. The molecule has 6 heteroatoms. The summed E-state index contributed by atoms with van der Waals surface area (Å²) in [6.07, 6.45) is 1.51. The number of nitrogens with zero attached hydrogens (tertiary/aromatic N) is 1. The van der Waals surface area contributed by atoms with Crippen molar-refractivity contribution < 1.29 is 9.13 Å². The number of aromatic nitrogens is 2. The number of benzene rings is 1. The fourth-order valence-corrected chi connectivity index (χ4v) is 1.58. The number of ether oxygens (including phenoxy) is 1. The lowest BCUT2D eigenvalue weighted by Crippen LogP contribution is -1.91. The van der Waals surface area contributed by atoms with Crippen LogP contribution in [-0.2, 0) is 0 Å². The van der Waals surface area contributed by atoms with Gasteiger partial charge in [0.1, 0.15) is 22.4 Å². The maximum atomic E-state index is 13.5. The van der Waals surface area contributed by atoms with Gasteiger partial charge in [-0.3, -0.25) is 5.10 Å². The number of nitrogen functional groups attached to an aromatic ring is 1. The molecule has 0 atom stereocenters. The Kier molecular flexibility index (Phi) is 2.70. The van der Waals surface area contributed by atoms with E-state index in [1.165, 1.54) is 19.4 Å². The van der Waals surface area contributed by atoms with Crippen LogP contribution in [0.5, 0.6) is 5.75 Å². The molecular weight excluding hydrogens is 233 g/mol. The molecule has 0 aliphatic rings. The molecule has 16 heavy (non-hydrogen) atoms. The summed E-state index contributed by atoms with van der Waals surface area (Å²) >= 11 is 5.71. The van der Waals surface area contributed by atoms with Crippen molar-refractivity contribution in [2.24, 2.45) is 0 Å². The van der Waals surface area contributed by atoms with Crippen LogP contribution in [0, 0.1) is 5.82 Å². The van der Waals surface area contributed by atoms with Crippen molar-refractivity contribution in [3.05, 3.63) is 29.2 Å². The summed E-state index contributed by atoms with van der Waals surface area (Å²) in [4.78, 5) is 0. The van der Waals surface area contributed by atoms with Crippen molar-refractivity contribution in [3.63, 3.8) is 0 Å². The molecule has 0 bridgehead atoms. The lowest BCUT2D eigenvalue weighted by molar-refractivity contribution is 0.412. The molecule has 0 unspecified atom stereocenters. The van der Waals surface area contributed by atoms with Crippen LogP contribution in [0.25, 0.3) is 11.1 Å². The fourth-order valence-electron chi connectivity index (χ4n) is 1.39. The third-order valence-electron chi connectivity index (χ3n) is 2.19. The van der Waals surface area contributed by atoms with Crippen molar-refractivity contribution >= 4 is 17.4 Å². The summed E-state index contributed by atoms with van der Waals surface area (Å²) in [5.74, 6) is 0.0673. The number of nitrogens with two attached hydrogens (primary N) is 1. The van der Waals surface area contributed by atoms with E-state index in [-0.39, 0.29) is 10.8 Å². The van der Waals surface area contributed by atoms with Gasteiger partial charge in [-0.05, 0) is 17.7 Å². The molecule has 1 aromatic carbocycles. The second-order valence-corrected chi connectivity index (χ2v) is 3.55. The molecule has 0 aliphatic carbocycles. The largest absolute Gasteiger partial charge is 0.495 e. The topological polar surface area (TPSA) is 63.9 Å². The van der Waals surface area contributed by atoms with Crippen molar-refractivity contribution in [2.45, 2.75) is 0 Å². The van der Waals surface area contributed by atoms with Crippen LogP contribution in [0.15, 0.2) is 18.3 Å². The van der Waals surface area contributed by atoms with E-state index >= 15 is 0 Å². The van der Waals surface area contributed by atoms with Crippen LogP contribution >= 0.6 is 11.6 Å². The van der Waals surface area contributed by atoms with E-state index in [9.17, 15) is 4.39 Å². The first kappa shape index (κ1) is 10.8.